The summed E-state index contributed by atoms with van der Waals surface area (Å²) in [6.45, 7) is 0.345. The van der Waals surface area contributed by atoms with Gasteiger partial charge in [0.15, 0.2) is 5.71 Å². The van der Waals surface area contributed by atoms with Crippen molar-refractivity contribution < 1.29 is 19.5 Å². The molecule has 1 amide bonds. The molecule has 80 valence electrons. The number of oxime groups is 1. The second-order valence-corrected chi connectivity index (χ2v) is 2.89. The summed E-state index contributed by atoms with van der Waals surface area (Å²) >= 11 is 0. The highest BCUT2D eigenvalue weighted by Gasteiger charge is 2.30. The van der Waals surface area contributed by atoms with E-state index in [9.17, 15) is 9.59 Å². The first-order chi connectivity index (χ1) is 7.15. The van der Waals surface area contributed by atoms with Crippen LogP contribution in [0.2, 0.25) is 0 Å². The van der Waals surface area contributed by atoms with Gasteiger partial charge in [0, 0.05) is 19.4 Å². The molecular weight excluding hydrogens is 200 g/mol. The molecule has 0 aromatic carbocycles. The average Bonchev–Trinajstić information content (AvgIpc) is 2.66. The normalized spacial score (nSPS) is 18.6. The standard InChI is InChI=1S/C9H10N2O4/c1-2-3-4-10-8(12)7-5-6(9(13)14)11-15-7/h1,7H,3-5H2,(H,10,12)(H,13,14). The summed E-state index contributed by atoms with van der Waals surface area (Å²) in [5, 5.41) is 14.4. The van der Waals surface area contributed by atoms with Gasteiger partial charge in [-0.3, -0.25) is 4.79 Å². The van der Waals surface area contributed by atoms with Gasteiger partial charge in [0.1, 0.15) is 0 Å². The van der Waals surface area contributed by atoms with E-state index >= 15 is 0 Å². The number of aliphatic carboxylic acids is 1. The number of carboxylic acid groups (broad SMARTS) is 1. The Balaban J connectivity index is 2.34. The van der Waals surface area contributed by atoms with E-state index in [1.807, 2.05) is 0 Å². The number of hydrogen-bond acceptors (Lipinski definition) is 4. The SMILES string of the molecule is C#CCCNC(=O)C1CC(C(=O)O)=NO1. The van der Waals surface area contributed by atoms with E-state index in [0.717, 1.165) is 0 Å². The molecule has 0 radical (unpaired) electrons. The van der Waals surface area contributed by atoms with Gasteiger partial charge in [0.25, 0.3) is 5.91 Å². The first-order valence-electron chi connectivity index (χ1n) is 4.32. The van der Waals surface area contributed by atoms with E-state index in [2.05, 4.69) is 21.2 Å². The van der Waals surface area contributed by atoms with Crippen molar-refractivity contribution in [2.75, 3.05) is 6.54 Å². The summed E-state index contributed by atoms with van der Waals surface area (Å²) in [5.74, 6) is 0.792. The number of carbonyl (C=O) groups excluding carboxylic acids is 1. The molecule has 0 aliphatic carbocycles. The summed E-state index contributed by atoms with van der Waals surface area (Å²) in [4.78, 5) is 26.4. The van der Waals surface area contributed by atoms with Crippen LogP contribution in [0.5, 0.6) is 0 Å². The number of carbonyl (C=O) groups is 2. The van der Waals surface area contributed by atoms with Gasteiger partial charge in [0.2, 0.25) is 6.10 Å². The Labute approximate surface area is 86.3 Å². The second kappa shape index (κ2) is 5.00. The lowest BCUT2D eigenvalue weighted by Gasteiger charge is -2.07. The molecule has 0 fully saturated rings. The zero-order valence-corrected chi connectivity index (χ0v) is 7.90. The minimum atomic E-state index is -1.17. The lowest BCUT2D eigenvalue weighted by atomic mass is 10.2. The Morgan fingerprint density at radius 3 is 3.00 bits per heavy atom. The van der Waals surface area contributed by atoms with E-state index in [1.54, 1.807) is 0 Å². The number of terminal acetylenes is 1. The van der Waals surface area contributed by atoms with E-state index in [0.29, 0.717) is 13.0 Å². The van der Waals surface area contributed by atoms with E-state index < -0.39 is 18.0 Å². The molecule has 1 heterocycles. The van der Waals surface area contributed by atoms with E-state index in [1.165, 1.54) is 0 Å². The Kier molecular flexibility index (Phi) is 3.68. The second-order valence-electron chi connectivity index (χ2n) is 2.89. The summed E-state index contributed by atoms with van der Waals surface area (Å²) in [7, 11) is 0. The molecule has 15 heavy (non-hydrogen) atoms. The summed E-state index contributed by atoms with van der Waals surface area (Å²) in [6, 6.07) is 0. The van der Waals surface area contributed by atoms with Gasteiger partial charge in [-0.1, -0.05) is 5.16 Å². The number of nitrogens with zero attached hydrogens (tertiary/aromatic N) is 1. The molecule has 1 aliphatic rings. The topological polar surface area (TPSA) is 88.0 Å². The fourth-order valence-electron chi connectivity index (χ4n) is 1.02. The molecule has 0 saturated carbocycles. The summed E-state index contributed by atoms with van der Waals surface area (Å²) in [6.07, 6.45) is 4.55. The Bertz CT molecular complexity index is 343. The highest BCUT2D eigenvalue weighted by atomic mass is 16.6. The maximum absolute atomic E-state index is 11.3. The van der Waals surface area contributed by atoms with Gasteiger partial charge in [-0.25, -0.2) is 4.79 Å². The van der Waals surface area contributed by atoms with Crippen molar-refractivity contribution in [3.8, 4) is 12.3 Å². The van der Waals surface area contributed by atoms with E-state index in [-0.39, 0.29) is 12.1 Å². The van der Waals surface area contributed by atoms with Crippen LogP contribution in [0.1, 0.15) is 12.8 Å². The largest absolute Gasteiger partial charge is 0.477 e. The molecule has 6 heteroatoms. The smallest absolute Gasteiger partial charge is 0.353 e. The molecule has 0 saturated heterocycles. The van der Waals surface area contributed by atoms with Crippen LogP contribution in [0.25, 0.3) is 0 Å². The van der Waals surface area contributed by atoms with Crippen molar-refractivity contribution in [2.45, 2.75) is 18.9 Å². The van der Waals surface area contributed by atoms with Crippen molar-refractivity contribution in [3.05, 3.63) is 0 Å². The molecule has 0 aromatic rings. The van der Waals surface area contributed by atoms with Crippen LogP contribution in [0, 0.1) is 12.3 Å². The number of carboxylic acids is 1. The Morgan fingerprint density at radius 1 is 1.73 bits per heavy atom. The Hall–Kier alpha value is -2.03. The number of nitrogens with one attached hydrogen (secondary N) is 1. The predicted octanol–water partition coefficient (Wildman–Crippen LogP) is -0.645. The fourth-order valence-corrected chi connectivity index (χ4v) is 1.02. The van der Waals surface area contributed by atoms with Crippen LogP contribution in [-0.4, -0.2) is 35.3 Å². The third-order valence-electron chi connectivity index (χ3n) is 1.78. The number of hydrogen-bond donors (Lipinski definition) is 2. The van der Waals surface area contributed by atoms with Crippen molar-refractivity contribution >= 4 is 17.6 Å². The third-order valence-corrected chi connectivity index (χ3v) is 1.78. The minimum Gasteiger partial charge on any atom is -0.477 e. The van der Waals surface area contributed by atoms with Crippen LogP contribution in [0.15, 0.2) is 5.16 Å². The summed E-state index contributed by atoms with van der Waals surface area (Å²) in [5.41, 5.74) is -0.146. The maximum atomic E-state index is 11.3. The van der Waals surface area contributed by atoms with Crippen LogP contribution in [0.4, 0.5) is 0 Å². The molecule has 1 unspecified atom stereocenters. The van der Waals surface area contributed by atoms with Gasteiger partial charge in [-0.15, -0.1) is 12.3 Å². The van der Waals surface area contributed by atoms with E-state index in [4.69, 9.17) is 11.5 Å². The number of rotatable bonds is 4. The quantitative estimate of drug-likeness (QED) is 0.477. The zero-order valence-electron chi connectivity index (χ0n) is 7.90. The van der Waals surface area contributed by atoms with Crippen LogP contribution in [0.3, 0.4) is 0 Å². The van der Waals surface area contributed by atoms with Gasteiger partial charge >= 0.3 is 5.97 Å². The van der Waals surface area contributed by atoms with Crippen molar-refractivity contribution in [1.82, 2.24) is 5.32 Å². The van der Waals surface area contributed by atoms with Crippen molar-refractivity contribution in [1.29, 1.82) is 0 Å². The molecule has 2 N–H and O–H groups in total. The lowest BCUT2D eigenvalue weighted by molar-refractivity contribution is -0.131. The summed E-state index contributed by atoms with van der Waals surface area (Å²) < 4.78 is 0. The first kappa shape index (κ1) is 11.0. The highest BCUT2D eigenvalue weighted by Crippen LogP contribution is 2.10. The zero-order chi connectivity index (χ0) is 11.3. The van der Waals surface area contributed by atoms with Crippen LogP contribution >= 0.6 is 0 Å². The average molecular weight is 210 g/mol. The molecular formula is C9H10N2O4. The first-order valence-corrected chi connectivity index (χ1v) is 4.32. The van der Waals surface area contributed by atoms with Gasteiger partial charge in [0.05, 0.1) is 0 Å². The fraction of sp³-hybridized carbons (Fsp3) is 0.444. The molecule has 6 nitrogen and oxygen atoms in total. The maximum Gasteiger partial charge on any atom is 0.353 e. The van der Waals surface area contributed by atoms with Gasteiger partial charge < -0.3 is 15.3 Å². The van der Waals surface area contributed by atoms with Gasteiger partial charge in [-0.2, -0.15) is 0 Å². The molecule has 0 bridgehead atoms. The van der Waals surface area contributed by atoms with Crippen molar-refractivity contribution in [2.24, 2.45) is 5.16 Å². The lowest BCUT2D eigenvalue weighted by Crippen LogP contribution is -2.35. The van der Waals surface area contributed by atoms with Gasteiger partial charge in [-0.05, 0) is 0 Å². The highest BCUT2D eigenvalue weighted by molar-refractivity contribution is 6.36. The predicted molar refractivity (Wildman–Crippen MR) is 51.0 cm³/mol. The Morgan fingerprint density at radius 2 is 2.47 bits per heavy atom. The van der Waals surface area contributed by atoms with Crippen LogP contribution in [-0.2, 0) is 14.4 Å². The molecule has 1 aliphatic heterocycles. The van der Waals surface area contributed by atoms with Crippen LogP contribution < -0.4 is 5.32 Å². The minimum absolute atomic E-state index is 0.0166. The molecule has 1 atom stereocenters. The molecule has 1 rings (SSSR count). The van der Waals surface area contributed by atoms with Crippen molar-refractivity contribution in [3.63, 3.8) is 0 Å². The monoisotopic (exact) mass is 210 g/mol. The number of amides is 1. The third kappa shape index (κ3) is 2.98. The molecule has 0 spiro atoms. The molecule has 0 aromatic heterocycles.